The van der Waals surface area contributed by atoms with E-state index in [0.717, 1.165) is 12.1 Å². The van der Waals surface area contributed by atoms with Gasteiger partial charge in [0.05, 0.1) is 5.69 Å². The summed E-state index contributed by atoms with van der Waals surface area (Å²) in [5, 5.41) is 2.38. The van der Waals surface area contributed by atoms with Gasteiger partial charge < -0.3 is 5.32 Å². The van der Waals surface area contributed by atoms with Gasteiger partial charge in [0.15, 0.2) is 5.17 Å². The number of amidine groups is 1. The maximum absolute atomic E-state index is 13.5. The van der Waals surface area contributed by atoms with Crippen LogP contribution in [-0.2, 0) is 9.59 Å². The zero-order valence-electron chi connectivity index (χ0n) is 12.8. The van der Waals surface area contributed by atoms with Gasteiger partial charge in [0.25, 0.3) is 0 Å². The number of carbonyl (C=O) groups excluding carboxylic acids is 2. The second-order valence-corrected chi connectivity index (χ2v) is 5.99. The average Bonchev–Trinajstić information content (AvgIpc) is 2.78. The van der Waals surface area contributed by atoms with Gasteiger partial charge in [-0.25, -0.2) is 8.78 Å². The standard InChI is InChI=1S/C15H17F2N3O2S/c1-3-18-15-20(4-2)14(22)12(23-15)8-13(21)19-11-6-5-9(16)7-10(11)17/h5-7,12H,3-4,8H2,1-2H3,(H,19,21). The van der Waals surface area contributed by atoms with E-state index in [1.54, 1.807) is 0 Å². The molecule has 124 valence electrons. The van der Waals surface area contributed by atoms with Gasteiger partial charge in [0, 0.05) is 25.6 Å². The lowest BCUT2D eigenvalue weighted by Crippen LogP contribution is -2.33. The fraction of sp³-hybridized carbons (Fsp3) is 0.400. The summed E-state index contributed by atoms with van der Waals surface area (Å²) in [7, 11) is 0. The van der Waals surface area contributed by atoms with Crippen LogP contribution in [0, 0.1) is 11.6 Å². The van der Waals surface area contributed by atoms with Crippen LogP contribution in [0.3, 0.4) is 0 Å². The topological polar surface area (TPSA) is 61.8 Å². The number of nitrogens with zero attached hydrogens (tertiary/aromatic N) is 2. The predicted octanol–water partition coefficient (Wildman–Crippen LogP) is 2.63. The maximum atomic E-state index is 13.5. The highest BCUT2D eigenvalue weighted by Crippen LogP contribution is 2.29. The Morgan fingerprint density at radius 1 is 1.39 bits per heavy atom. The monoisotopic (exact) mass is 341 g/mol. The molecule has 1 aromatic carbocycles. The molecule has 2 amide bonds. The highest BCUT2D eigenvalue weighted by Gasteiger charge is 2.38. The van der Waals surface area contributed by atoms with Crippen LogP contribution in [0.2, 0.25) is 0 Å². The molecule has 1 atom stereocenters. The molecule has 0 aliphatic carbocycles. The summed E-state index contributed by atoms with van der Waals surface area (Å²) in [6.45, 7) is 4.73. The van der Waals surface area contributed by atoms with E-state index in [9.17, 15) is 18.4 Å². The van der Waals surface area contributed by atoms with Crippen LogP contribution in [0.25, 0.3) is 0 Å². The van der Waals surface area contributed by atoms with Crippen molar-refractivity contribution < 1.29 is 18.4 Å². The number of aliphatic imine (C=N–C) groups is 1. The summed E-state index contributed by atoms with van der Waals surface area (Å²) in [6, 6.07) is 2.89. The Labute approximate surface area is 137 Å². The van der Waals surface area contributed by atoms with Gasteiger partial charge in [-0.1, -0.05) is 11.8 Å². The summed E-state index contributed by atoms with van der Waals surface area (Å²) in [5.74, 6) is -2.26. The Morgan fingerprint density at radius 2 is 2.13 bits per heavy atom. The smallest absolute Gasteiger partial charge is 0.242 e. The minimum absolute atomic E-state index is 0.0977. The molecule has 1 aliphatic heterocycles. The molecule has 0 spiro atoms. The SMILES string of the molecule is CCN=C1SC(CC(=O)Nc2ccc(F)cc2F)C(=O)N1CC. The van der Waals surface area contributed by atoms with Gasteiger partial charge in [-0.3, -0.25) is 19.5 Å². The molecule has 1 unspecified atom stereocenters. The highest BCUT2D eigenvalue weighted by atomic mass is 32.2. The van der Waals surface area contributed by atoms with E-state index in [2.05, 4.69) is 10.3 Å². The number of hydrogen-bond donors (Lipinski definition) is 1. The van der Waals surface area contributed by atoms with Gasteiger partial charge >= 0.3 is 0 Å². The van der Waals surface area contributed by atoms with E-state index in [1.165, 1.54) is 16.7 Å². The summed E-state index contributed by atoms with van der Waals surface area (Å²) in [4.78, 5) is 30.0. The zero-order valence-corrected chi connectivity index (χ0v) is 13.6. The third-order valence-electron chi connectivity index (χ3n) is 3.21. The third kappa shape index (κ3) is 4.07. The summed E-state index contributed by atoms with van der Waals surface area (Å²) in [5.41, 5.74) is -0.110. The second-order valence-electron chi connectivity index (χ2n) is 4.82. The summed E-state index contributed by atoms with van der Waals surface area (Å²) < 4.78 is 26.4. The van der Waals surface area contributed by atoms with Crippen LogP contribution in [0.4, 0.5) is 14.5 Å². The Kier molecular flexibility index (Phi) is 5.70. The Hall–Kier alpha value is -1.96. The molecule has 0 bridgehead atoms. The third-order valence-corrected chi connectivity index (χ3v) is 4.42. The van der Waals surface area contributed by atoms with Crippen LogP contribution in [0.15, 0.2) is 23.2 Å². The first-order valence-corrected chi connectivity index (χ1v) is 8.11. The lowest BCUT2D eigenvalue weighted by Gasteiger charge is -2.13. The maximum Gasteiger partial charge on any atom is 0.242 e. The fourth-order valence-electron chi connectivity index (χ4n) is 2.15. The molecule has 0 saturated carbocycles. The van der Waals surface area contributed by atoms with Gasteiger partial charge in [-0.15, -0.1) is 0 Å². The molecule has 0 radical (unpaired) electrons. The highest BCUT2D eigenvalue weighted by molar-refractivity contribution is 8.15. The minimum Gasteiger partial charge on any atom is -0.324 e. The zero-order chi connectivity index (χ0) is 17.0. The number of hydrogen-bond acceptors (Lipinski definition) is 4. The van der Waals surface area contributed by atoms with E-state index in [4.69, 9.17) is 0 Å². The van der Waals surface area contributed by atoms with Gasteiger partial charge in [-0.05, 0) is 26.0 Å². The van der Waals surface area contributed by atoms with Crippen molar-refractivity contribution in [2.45, 2.75) is 25.5 Å². The number of benzene rings is 1. The van der Waals surface area contributed by atoms with Crippen molar-refractivity contribution >= 4 is 34.4 Å². The molecule has 5 nitrogen and oxygen atoms in total. The van der Waals surface area contributed by atoms with Crippen molar-refractivity contribution in [3.05, 3.63) is 29.8 Å². The molecule has 1 heterocycles. The molecular weight excluding hydrogens is 324 g/mol. The first-order valence-electron chi connectivity index (χ1n) is 7.23. The Bertz CT molecular complexity index is 652. The number of carbonyl (C=O) groups is 2. The second kappa shape index (κ2) is 7.54. The Balaban J connectivity index is 2.03. The van der Waals surface area contributed by atoms with Crippen molar-refractivity contribution in [1.29, 1.82) is 0 Å². The van der Waals surface area contributed by atoms with E-state index in [0.29, 0.717) is 24.3 Å². The molecule has 0 aromatic heterocycles. The van der Waals surface area contributed by atoms with Crippen molar-refractivity contribution in [3.63, 3.8) is 0 Å². The number of rotatable bonds is 5. The fourth-order valence-corrected chi connectivity index (χ4v) is 3.41. The van der Waals surface area contributed by atoms with Crippen molar-refractivity contribution in [2.75, 3.05) is 18.4 Å². The van der Waals surface area contributed by atoms with Crippen LogP contribution in [-0.4, -0.2) is 40.2 Å². The molecular formula is C15H17F2N3O2S. The predicted molar refractivity (Wildman–Crippen MR) is 86.3 cm³/mol. The molecule has 1 aromatic rings. The number of thioether (sulfide) groups is 1. The number of halogens is 2. The molecule has 1 fully saturated rings. The molecule has 1 aliphatic rings. The van der Waals surface area contributed by atoms with Gasteiger partial charge in [0.2, 0.25) is 11.8 Å². The Morgan fingerprint density at radius 3 is 2.74 bits per heavy atom. The van der Waals surface area contributed by atoms with Crippen LogP contribution in [0.1, 0.15) is 20.3 Å². The number of nitrogens with one attached hydrogen (secondary N) is 1. The quantitative estimate of drug-likeness (QED) is 0.895. The minimum atomic E-state index is -0.854. The van der Waals surface area contributed by atoms with Crippen LogP contribution in [0.5, 0.6) is 0 Å². The molecule has 8 heteroatoms. The normalized spacial score (nSPS) is 19.5. The molecule has 1 N–H and O–H groups in total. The van der Waals surface area contributed by atoms with Crippen LogP contribution >= 0.6 is 11.8 Å². The largest absolute Gasteiger partial charge is 0.324 e. The summed E-state index contributed by atoms with van der Waals surface area (Å²) in [6.07, 6.45) is -0.0977. The van der Waals surface area contributed by atoms with Crippen molar-refractivity contribution in [3.8, 4) is 0 Å². The van der Waals surface area contributed by atoms with E-state index in [-0.39, 0.29) is 18.0 Å². The average molecular weight is 341 g/mol. The molecule has 1 saturated heterocycles. The lowest BCUT2D eigenvalue weighted by atomic mass is 10.2. The van der Waals surface area contributed by atoms with E-state index < -0.39 is 22.8 Å². The van der Waals surface area contributed by atoms with Crippen molar-refractivity contribution in [2.24, 2.45) is 4.99 Å². The molecule has 23 heavy (non-hydrogen) atoms. The first-order chi connectivity index (χ1) is 11.0. The number of anilines is 1. The van der Waals surface area contributed by atoms with E-state index in [1.807, 2.05) is 13.8 Å². The van der Waals surface area contributed by atoms with E-state index >= 15 is 0 Å². The van der Waals surface area contributed by atoms with Crippen molar-refractivity contribution in [1.82, 2.24) is 4.90 Å². The summed E-state index contributed by atoms with van der Waals surface area (Å²) >= 11 is 1.23. The first kappa shape index (κ1) is 17.4. The van der Waals surface area contributed by atoms with Gasteiger partial charge in [-0.2, -0.15) is 0 Å². The molecule has 2 rings (SSSR count). The van der Waals surface area contributed by atoms with Gasteiger partial charge in [0.1, 0.15) is 16.9 Å². The lowest BCUT2D eigenvalue weighted by molar-refractivity contribution is -0.128. The van der Waals surface area contributed by atoms with Crippen LogP contribution < -0.4 is 5.32 Å². The number of amides is 2.